The zero-order valence-electron chi connectivity index (χ0n) is 17.8. The lowest BCUT2D eigenvalue weighted by Crippen LogP contribution is -2.26. The lowest BCUT2D eigenvalue weighted by Gasteiger charge is -2.14. The second-order valence-corrected chi connectivity index (χ2v) is 8.29. The number of hydrogen-bond donors (Lipinski definition) is 3. The number of nitrogens with one attached hydrogen (secondary N) is 2. The SMILES string of the molecule is O=C(C#CCNC(=O)OCC1c2ccccc2-c2ccccc21)Nc1ccc(Br)c(C(=O)O)c1. The molecular weight excluding hydrogens is 500 g/mol. The van der Waals surface area contributed by atoms with Crippen LogP contribution >= 0.6 is 15.9 Å². The highest BCUT2D eigenvalue weighted by Gasteiger charge is 2.28. The molecule has 8 heteroatoms. The van der Waals surface area contributed by atoms with E-state index in [-0.39, 0.29) is 24.6 Å². The summed E-state index contributed by atoms with van der Waals surface area (Å²) in [5.74, 6) is 3.09. The van der Waals surface area contributed by atoms with Gasteiger partial charge in [-0.15, -0.1) is 0 Å². The molecule has 0 bridgehead atoms. The molecule has 0 atom stereocenters. The number of rotatable bonds is 5. The van der Waals surface area contributed by atoms with Crippen LogP contribution in [0.15, 0.2) is 71.2 Å². The van der Waals surface area contributed by atoms with Gasteiger partial charge >= 0.3 is 12.1 Å². The molecule has 7 nitrogen and oxygen atoms in total. The summed E-state index contributed by atoms with van der Waals surface area (Å²) in [5, 5.41) is 14.1. The number of hydrogen-bond acceptors (Lipinski definition) is 4. The summed E-state index contributed by atoms with van der Waals surface area (Å²) in [6.45, 7) is 0.105. The minimum Gasteiger partial charge on any atom is -0.478 e. The van der Waals surface area contributed by atoms with Gasteiger partial charge in [0.2, 0.25) is 0 Å². The molecule has 0 aliphatic heterocycles. The highest BCUT2D eigenvalue weighted by molar-refractivity contribution is 9.10. The van der Waals surface area contributed by atoms with Gasteiger partial charge in [-0.2, -0.15) is 0 Å². The van der Waals surface area contributed by atoms with E-state index >= 15 is 0 Å². The summed E-state index contributed by atoms with van der Waals surface area (Å²) in [5.41, 5.74) is 4.83. The number of aromatic carboxylic acids is 1. The average Bonchev–Trinajstić information content (AvgIpc) is 3.15. The number of amides is 2. The summed E-state index contributed by atoms with van der Waals surface area (Å²) in [6, 6.07) is 20.5. The van der Waals surface area contributed by atoms with Gasteiger partial charge in [0.25, 0.3) is 5.91 Å². The van der Waals surface area contributed by atoms with Crippen molar-refractivity contribution in [1.29, 1.82) is 0 Å². The Morgan fingerprint density at radius 3 is 2.26 bits per heavy atom. The number of ether oxygens (including phenoxy) is 1. The van der Waals surface area contributed by atoms with Crippen LogP contribution in [0, 0.1) is 11.8 Å². The Morgan fingerprint density at radius 2 is 1.62 bits per heavy atom. The van der Waals surface area contributed by atoms with Gasteiger partial charge in [0.1, 0.15) is 6.61 Å². The number of carbonyl (C=O) groups is 3. The number of benzene rings is 3. The standard InChI is InChI=1S/C26H19BrN2O5/c27-23-12-11-16(14-21(23)25(31)32)29-24(30)10-5-13-28-26(33)34-15-22-19-8-3-1-6-17(19)18-7-2-4-9-20(18)22/h1-4,6-9,11-12,14,22H,13,15H2,(H,28,33)(H,29,30)(H,31,32). The minimum atomic E-state index is -1.12. The topological polar surface area (TPSA) is 105 Å². The second kappa shape index (κ2) is 10.2. The van der Waals surface area contributed by atoms with Crippen LogP contribution in [0.5, 0.6) is 0 Å². The summed E-state index contributed by atoms with van der Waals surface area (Å²) < 4.78 is 5.81. The molecule has 0 heterocycles. The Kier molecular flexibility index (Phi) is 6.95. The number of anilines is 1. The van der Waals surface area contributed by atoms with E-state index in [0.717, 1.165) is 22.3 Å². The van der Waals surface area contributed by atoms with E-state index < -0.39 is 18.0 Å². The largest absolute Gasteiger partial charge is 0.478 e. The molecule has 3 aromatic carbocycles. The number of carboxylic acids is 1. The first kappa shape index (κ1) is 23.1. The quantitative estimate of drug-likeness (QED) is 0.427. The van der Waals surface area contributed by atoms with E-state index in [1.54, 1.807) is 6.07 Å². The minimum absolute atomic E-state index is 0.0164. The number of alkyl carbamates (subject to hydrolysis) is 1. The van der Waals surface area contributed by atoms with Gasteiger partial charge in [0, 0.05) is 16.1 Å². The maximum atomic E-state index is 12.1. The third kappa shape index (κ3) is 5.11. The van der Waals surface area contributed by atoms with Crippen LogP contribution in [-0.2, 0) is 9.53 Å². The fourth-order valence-electron chi connectivity index (χ4n) is 3.82. The molecule has 1 aliphatic rings. The molecule has 0 fully saturated rings. The highest BCUT2D eigenvalue weighted by atomic mass is 79.9. The molecule has 170 valence electrons. The van der Waals surface area contributed by atoms with Crippen LogP contribution < -0.4 is 10.6 Å². The normalized spacial score (nSPS) is 11.4. The van der Waals surface area contributed by atoms with Gasteiger partial charge in [0.15, 0.2) is 0 Å². The van der Waals surface area contributed by atoms with Gasteiger partial charge in [-0.05, 0) is 62.3 Å². The van der Waals surface area contributed by atoms with E-state index in [0.29, 0.717) is 10.2 Å². The van der Waals surface area contributed by atoms with Crippen molar-refractivity contribution >= 4 is 39.6 Å². The fourth-order valence-corrected chi connectivity index (χ4v) is 4.24. The van der Waals surface area contributed by atoms with Gasteiger partial charge < -0.3 is 20.5 Å². The molecule has 3 aromatic rings. The van der Waals surface area contributed by atoms with E-state index in [2.05, 4.69) is 50.5 Å². The third-order valence-corrected chi connectivity index (χ3v) is 6.01. The molecule has 0 radical (unpaired) electrons. The van der Waals surface area contributed by atoms with Crippen LogP contribution in [0.3, 0.4) is 0 Å². The Hall–Kier alpha value is -4.09. The van der Waals surface area contributed by atoms with Crippen LogP contribution in [-0.4, -0.2) is 36.2 Å². The Balaban J connectivity index is 1.28. The van der Waals surface area contributed by atoms with Crippen LogP contribution in [0.25, 0.3) is 11.1 Å². The summed E-state index contributed by atoms with van der Waals surface area (Å²) in [6.07, 6.45) is -0.629. The van der Waals surface area contributed by atoms with Crippen molar-refractivity contribution in [2.75, 3.05) is 18.5 Å². The van der Waals surface area contributed by atoms with E-state index in [1.807, 2.05) is 36.4 Å². The van der Waals surface area contributed by atoms with Crippen molar-refractivity contribution in [3.63, 3.8) is 0 Å². The van der Waals surface area contributed by atoms with Crippen molar-refractivity contribution in [3.8, 4) is 23.0 Å². The highest BCUT2D eigenvalue weighted by Crippen LogP contribution is 2.44. The van der Waals surface area contributed by atoms with Crippen molar-refractivity contribution < 1.29 is 24.2 Å². The second-order valence-electron chi connectivity index (χ2n) is 7.43. The Morgan fingerprint density at radius 1 is 0.971 bits per heavy atom. The average molecular weight is 519 g/mol. The molecule has 3 N–H and O–H groups in total. The number of carbonyl (C=O) groups excluding carboxylic acids is 2. The molecule has 34 heavy (non-hydrogen) atoms. The van der Waals surface area contributed by atoms with Gasteiger partial charge in [-0.3, -0.25) is 4.79 Å². The van der Waals surface area contributed by atoms with Gasteiger partial charge in [0.05, 0.1) is 12.1 Å². The Labute approximate surface area is 204 Å². The van der Waals surface area contributed by atoms with Crippen LogP contribution in [0.2, 0.25) is 0 Å². The van der Waals surface area contributed by atoms with E-state index in [1.165, 1.54) is 12.1 Å². The summed E-state index contributed by atoms with van der Waals surface area (Å²) in [7, 11) is 0. The number of carboxylic acid groups (broad SMARTS) is 1. The fraction of sp³-hybridized carbons (Fsp3) is 0.115. The van der Waals surface area contributed by atoms with Crippen molar-refractivity contribution in [1.82, 2.24) is 5.32 Å². The van der Waals surface area contributed by atoms with Crippen molar-refractivity contribution in [3.05, 3.63) is 87.9 Å². The maximum absolute atomic E-state index is 12.1. The van der Waals surface area contributed by atoms with E-state index in [9.17, 15) is 14.4 Å². The summed E-state index contributed by atoms with van der Waals surface area (Å²) >= 11 is 3.14. The number of fused-ring (bicyclic) bond motifs is 3. The first-order valence-electron chi connectivity index (χ1n) is 10.4. The van der Waals surface area contributed by atoms with Crippen LogP contribution in [0.4, 0.5) is 10.5 Å². The third-order valence-electron chi connectivity index (χ3n) is 5.32. The predicted molar refractivity (Wildman–Crippen MR) is 131 cm³/mol. The zero-order chi connectivity index (χ0) is 24.1. The molecule has 1 aliphatic carbocycles. The number of halogens is 1. The van der Waals surface area contributed by atoms with Crippen molar-refractivity contribution in [2.24, 2.45) is 0 Å². The van der Waals surface area contributed by atoms with Gasteiger partial charge in [-0.1, -0.05) is 54.5 Å². The Bertz CT molecular complexity index is 1300. The molecule has 0 unspecified atom stereocenters. The molecular formula is C26H19BrN2O5. The molecule has 0 aromatic heterocycles. The smallest absolute Gasteiger partial charge is 0.407 e. The van der Waals surface area contributed by atoms with E-state index in [4.69, 9.17) is 9.84 Å². The first-order chi connectivity index (χ1) is 16.4. The molecule has 0 spiro atoms. The van der Waals surface area contributed by atoms with Gasteiger partial charge in [-0.25, -0.2) is 9.59 Å². The monoisotopic (exact) mass is 518 g/mol. The van der Waals surface area contributed by atoms with Crippen molar-refractivity contribution in [2.45, 2.75) is 5.92 Å². The maximum Gasteiger partial charge on any atom is 0.407 e. The molecule has 0 saturated heterocycles. The molecule has 4 rings (SSSR count). The lowest BCUT2D eigenvalue weighted by molar-refractivity contribution is -0.111. The first-order valence-corrected chi connectivity index (χ1v) is 11.1. The predicted octanol–water partition coefficient (Wildman–Crippen LogP) is 4.63. The lowest BCUT2D eigenvalue weighted by atomic mass is 9.98. The summed E-state index contributed by atoms with van der Waals surface area (Å²) in [4.78, 5) is 35.3. The zero-order valence-corrected chi connectivity index (χ0v) is 19.4. The van der Waals surface area contributed by atoms with Crippen LogP contribution in [0.1, 0.15) is 27.4 Å². The molecule has 2 amide bonds. The molecule has 0 saturated carbocycles.